The zero-order chi connectivity index (χ0) is 14.4. The highest BCUT2D eigenvalue weighted by Gasteiger charge is 2.15. The third-order valence-electron chi connectivity index (χ3n) is 4.50. The summed E-state index contributed by atoms with van der Waals surface area (Å²) in [6.45, 7) is 6.92. The molecule has 0 heterocycles. The summed E-state index contributed by atoms with van der Waals surface area (Å²) in [5, 5.41) is 2.88. The van der Waals surface area contributed by atoms with Gasteiger partial charge in [-0.3, -0.25) is 0 Å². The van der Waals surface area contributed by atoms with Crippen molar-refractivity contribution in [3.8, 4) is 0 Å². The van der Waals surface area contributed by atoms with Crippen LogP contribution in [0.3, 0.4) is 0 Å². The molecule has 0 aliphatic rings. The van der Waals surface area contributed by atoms with E-state index in [2.05, 4.69) is 57.2 Å². The molecule has 20 heavy (non-hydrogen) atoms. The first kappa shape index (κ1) is 15.1. The van der Waals surface area contributed by atoms with Gasteiger partial charge in [0.25, 0.3) is 0 Å². The fourth-order valence-corrected chi connectivity index (χ4v) is 3.32. The zero-order valence-electron chi connectivity index (χ0n) is 13.3. The molecule has 0 saturated carbocycles. The van der Waals surface area contributed by atoms with E-state index in [1.807, 2.05) is 0 Å². The quantitative estimate of drug-likeness (QED) is 0.504. The lowest BCUT2D eigenvalue weighted by Gasteiger charge is -2.21. The van der Waals surface area contributed by atoms with Gasteiger partial charge in [0.1, 0.15) is 0 Å². The van der Waals surface area contributed by atoms with E-state index in [9.17, 15) is 0 Å². The average molecular weight is 268 g/mol. The Kier molecular flexibility index (Phi) is 5.64. The molecule has 108 valence electrons. The number of rotatable bonds is 7. The SMILES string of the molecule is CCCCCC(CC)c1c(CC)ccc2ccccc12. The van der Waals surface area contributed by atoms with Gasteiger partial charge >= 0.3 is 0 Å². The van der Waals surface area contributed by atoms with Crippen LogP contribution < -0.4 is 0 Å². The second kappa shape index (κ2) is 7.47. The molecule has 0 heteroatoms. The van der Waals surface area contributed by atoms with Crippen LogP contribution in [-0.2, 0) is 6.42 Å². The highest BCUT2D eigenvalue weighted by Crippen LogP contribution is 2.34. The molecule has 0 saturated heterocycles. The van der Waals surface area contributed by atoms with Gasteiger partial charge in [0.05, 0.1) is 0 Å². The molecule has 1 unspecified atom stereocenters. The van der Waals surface area contributed by atoms with Gasteiger partial charge in [-0.15, -0.1) is 0 Å². The summed E-state index contributed by atoms with van der Waals surface area (Å²) in [5.74, 6) is 0.725. The van der Waals surface area contributed by atoms with Crippen LogP contribution in [0.15, 0.2) is 36.4 Å². The van der Waals surface area contributed by atoms with Crippen LogP contribution in [0.1, 0.15) is 69.9 Å². The van der Waals surface area contributed by atoms with Crippen molar-refractivity contribution in [1.29, 1.82) is 0 Å². The topological polar surface area (TPSA) is 0 Å². The van der Waals surface area contributed by atoms with E-state index in [0.29, 0.717) is 0 Å². The van der Waals surface area contributed by atoms with Crippen LogP contribution in [0.2, 0.25) is 0 Å². The zero-order valence-corrected chi connectivity index (χ0v) is 13.3. The van der Waals surface area contributed by atoms with Crippen molar-refractivity contribution in [3.63, 3.8) is 0 Å². The Balaban J connectivity index is 2.42. The van der Waals surface area contributed by atoms with E-state index in [1.165, 1.54) is 42.9 Å². The fraction of sp³-hybridized carbons (Fsp3) is 0.500. The lowest BCUT2D eigenvalue weighted by atomic mass is 9.84. The van der Waals surface area contributed by atoms with Crippen LogP contribution in [0.4, 0.5) is 0 Å². The molecule has 2 aromatic carbocycles. The minimum atomic E-state index is 0.725. The highest BCUT2D eigenvalue weighted by molar-refractivity contribution is 5.87. The second-order valence-corrected chi connectivity index (χ2v) is 5.81. The number of benzene rings is 2. The molecule has 0 aliphatic carbocycles. The molecular formula is C20H28. The number of unbranched alkanes of at least 4 members (excludes halogenated alkanes) is 2. The maximum Gasteiger partial charge on any atom is -0.0146 e. The van der Waals surface area contributed by atoms with Gasteiger partial charge in [0.15, 0.2) is 0 Å². The van der Waals surface area contributed by atoms with E-state index in [1.54, 1.807) is 11.1 Å². The summed E-state index contributed by atoms with van der Waals surface area (Å²) in [5.41, 5.74) is 3.18. The second-order valence-electron chi connectivity index (χ2n) is 5.81. The molecule has 0 fully saturated rings. The van der Waals surface area contributed by atoms with Crippen LogP contribution in [0.25, 0.3) is 10.8 Å². The smallest absolute Gasteiger partial charge is 0.0146 e. The third kappa shape index (κ3) is 3.23. The van der Waals surface area contributed by atoms with Crippen molar-refractivity contribution < 1.29 is 0 Å². The first-order valence-corrected chi connectivity index (χ1v) is 8.32. The minimum absolute atomic E-state index is 0.725. The molecule has 0 nitrogen and oxygen atoms in total. The van der Waals surface area contributed by atoms with Crippen molar-refractivity contribution in [1.82, 2.24) is 0 Å². The van der Waals surface area contributed by atoms with Gasteiger partial charge < -0.3 is 0 Å². The molecule has 0 radical (unpaired) electrons. The monoisotopic (exact) mass is 268 g/mol. The first-order chi connectivity index (χ1) is 9.81. The Morgan fingerprint density at radius 2 is 1.70 bits per heavy atom. The lowest BCUT2D eigenvalue weighted by Crippen LogP contribution is -2.03. The number of fused-ring (bicyclic) bond motifs is 1. The normalized spacial score (nSPS) is 12.8. The van der Waals surface area contributed by atoms with Crippen LogP contribution in [0, 0.1) is 0 Å². The van der Waals surface area contributed by atoms with Crippen molar-refractivity contribution in [3.05, 3.63) is 47.5 Å². The van der Waals surface area contributed by atoms with Gasteiger partial charge in [0.2, 0.25) is 0 Å². The van der Waals surface area contributed by atoms with E-state index < -0.39 is 0 Å². The van der Waals surface area contributed by atoms with Gasteiger partial charge in [-0.25, -0.2) is 0 Å². The number of hydrogen-bond donors (Lipinski definition) is 0. The summed E-state index contributed by atoms with van der Waals surface area (Å²) >= 11 is 0. The van der Waals surface area contributed by atoms with Crippen molar-refractivity contribution in [2.24, 2.45) is 0 Å². The highest BCUT2D eigenvalue weighted by atomic mass is 14.2. The van der Waals surface area contributed by atoms with E-state index in [-0.39, 0.29) is 0 Å². The van der Waals surface area contributed by atoms with Crippen molar-refractivity contribution >= 4 is 10.8 Å². The molecule has 0 aliphatic heterocycles. The van der Waals surface area contributed by atoms with Crippen molar-refractivity contribution in [2.45, 2.75) is 65.2 Å². The Morgan fingerprint density at radius 1 is 0.900 bits per heavy atom. The summed E-state index contributed by atoms with van der Waals surface area (Å²) in [7, 11) is 0. The molecule has 0 amide bonds. The minimum Gasteiger partial charge on any atom is -0.0654 e. The van der Waals surface area contributed by atoms with E-state index in [4.69, 9.17) is 0 Å². The van der Waals surface area contributed by atoms with E-state index >= 15 is 0 Å². The predicted molar refractivity (Wildman–Crippen MR) is 90.5 cm³/mol. The summed E-state index contributed by atoms with van der Waals surface area (Å²) in [6.07, 6.45) is 7.78. The Bertz CT molecular complexity index is 539. The largest absolute Gasteiger partial charge is 0.0654 e. The van der Waals surface area contributed by atoms with E-state index in [0.717, 1.165) is 12.3 Å². The molecule has 0 bridgehead atoms. The van der Waals surface area contributed by atoms with Gasteiger partial charge in [-0.1, -0.05) is 76.4 Å². The lowest BCUT2D eigenvalue weighted by molar-refractivity contribution is 0.553. The molecule has 1 atom stereocenters. The number of hydrogen-bond acceptors (Lipinski definition) is 0. The molecule has 2 rings (SSSR count). The van der Waals surface area contributed by atoms with Gasteiger partial charge in [-0.2, -0.15) is 0 Å². The molecule has 0 aromatic heterocycles. The first-order valence-electron chi connectivity index (χ1n) is 8.32. The molecular weight excluding hydrogens is 240 g/mol. The summed E-state index contributed by atoms with van der Waals surface area (Å²) < 4.78 is 0. The predicted octanol–water partition coefficient (Wildman–Crippen LogP) is 6.48. The summed E-state index contributed by atoms with van der Waals surface area (Å²) in [4.78, 5) is 0. The van der Waals surface area contributed by atoms with Crippen molar-refractivity contribution in [2.75, 3.05) is 0 Å². The fourth-order valence-electron chi connectivity index (χ4n) is 3.32. The maximum absolute atomic E-state index is 2.35. The maximum atomic E-state index is 2.35. The number of aryl methyl sites for hydroxylation is 1. The Hall–Kier alpha value is -1.30. The van der Waals surface area contributed by atoms with Crippen LogP contribution in [0.5, 0.6) is 0 Å². The van der Waals surface area contributed by atoms with Crippen LogP contribution in [-0.4, -0.2) is 0 Å². The summed E-state index contributed by atoms with van der Waals surface area (Å²) in [6, 6.07) is 13.5. The third-order valence-corrected chi connectivity index (χ3v) is 4.50. The molecule has 0 spiro atoms. The Morgan fingerprint density at radius 3 is 2.40 bits per heavy atom. The van der Waals surface area contributed by atoms with Gasteiger partial charge in [-0.05, 0) is 47.1 Å². The molecule has 2 aromatic rings. The van der Waals surface area contributed by atoms with Crippen LogP contribution >= 0.6 is 0 Å². The van der Waals surface area contributed by atoms with Gasteiger partial charge in [0, 0.05) is 0 Å². The Labute approximate surface area is 124 Å². The molecule has 0 N–H and O–H groups in total. The average Bonchev–Trinajstić information content (AvgIpc) is 2.51. The standard InChI is InChI=1S/C20H28/c1-4-7-8-11-16(5-2)20-17(6-3)14-15-18-12-9-10-13-19(18)20/h9-10,12-16H,4-8,11H2,1-3H3.